The SMILES string of the molecule is CCC1CC1NC(=O)c1cnccc1N. The van der Waals surface area contributed by atoms with Crippen molar-refractivity contribution < 1.29 is 4.79 Å². The first-order valence-corrected chi connectivity index (χ1v) is 5.22. The Labute approximate surface area is 88.9 Å². The van der Waals surface area contributed by atoms with Gasteiger partial charge < -0.3 is 11.1 Å². The minimum Gasteiger partial charge on any atom is -0.398 e. The minimum absolute atomic E-state index is 0.110. The molecule has 0 bridgehead atoms. The third-order valence-corrected chi connectivity index (χ3v) is 2.86. The number of nitrogen functional groups attached to an aromatic ring is 1. The molecule has 1 amide bonds. The van der Waals surface area contributed by atoms with Crippen molar-refractivity contribution in [3.8, 4) is 0 Å². The average molecular weight is 205 g/mol. The van der Waals surface area contributed by atoms with Crippen LogP contribution in [0.4, 0.5) is 5.69 Å². The van der Waals surface area contributed by atoms with Crippen LogP contribution in [-0.2, 0) is 0 Å². The quantitative estimate of drug-likeness (QED) is 0.778. The summed E-state index contributed by atoms with van der Waals surface area (Å²) in [6, 6.07) is 1.97. The van der Waals surface area contributed by atoms with Crippen LogP contribution in [0.15, 0.2) is 18.5 Å². The second kappa shape index (κ2) is 3.88. The van der Waals surface area contributed by atoms with E-state index in [0.29, 0.717) is 23.2 Å². The molecule has 2 unspecified atom stereocenters. The molecule has 1 saturated carbocycles. The van der Waals surface area contributed by atoms with E-state index in [-0.39, 0.29) is 5.91 Å². The van der Waals surface area contributed by atoms with Gasteiger partial charge in [0.1, 0.15) is 0 Å². The first-order chi connectivity index (χ1) is 7.22. The molecule has 80 valence electrons. The topological polar surface area (TPSA) is 68.0 Å². The fourth-order valence-electron chi connectivity index (χ4n) is 1.72. The van der Waals surface area contributed by atoms with Gasteiger partial charge in [0.15, 0.2) is 0 Å². The minimum atomic E-state index is -0.110. The fourth-order valence-corrected chi connectivity index (χ4v) is 1.72. The number of hydrogen-bond acceptors (Lipinski definition) is 3. The summed E-state index contributed by atoms with van der Waals surface area (Å²) in [4.78, 5) is 15.6. The maximum atomic E-state index is 11.7. The Hall–Kier alpha value is -1.58. The normalized spacial score (nSPS) is 23.5. The maximum absolute atomic E-state index is 11.7. The predicted molar refractivity (Wildman–Crippen MR) is 58.3 cm³/mol. The molecule has 0 saturated heterocycles. The zero-order chi connectivity index (χ0) is 10.8. The van der Waals surface area contributed by atoms with Gasteiger partial charge in [0, 0.05) is 24.1 Å². The summed E-state index contributed by atoms with van der Waals surface area (Å²) < 4.78 is 0. The van der Waals surface area contributed by atoms with Gasteiger partial charge in [0.05, 0.1) is 5.56 Å². The molecule has 0 aliphatic heterocycles. The van der Waals surface area contributed by atoms with Crippen molar-refractivity contribution in [1.29, 1.82) is 0 Å². The van der Waals surface area contributed by atoms with E-state index in [1.54, 1.807) is 12.3 Å². The molecule has 1 heterocycles. The van der Waals surface area contributed by atoms with E-state index in [2.05, 4.69) is 17.2 Å². The first-order valence-electron chi connectivity index (χ1n) is 5.22. The molecule has 15 heavy (non-hydrogen) atoms. The van der Waals surface area contributed by atoms with E-state index in [0.717, 1.165) is 12.8 Å². The van der Waals surface area contributed by atoms with E-state index in [1.165, 1.54) is 6.20 Å². The van der Waals surface area contributed by atoms with Crippen LogP contribution in [0.1, 0.15) is 30.1 Å². The van der Waals surface area contributed by atoms with Crippen LogP contribution in [0.5, 0.6) is 0 Å². The Morgan fingerprint density at radius 1 is 1.73 bits per heavy atom. The molecule has 4 nitrogen and oxygen atoms in total. The van der Waals surface area contributed by atoms with Crippen molar-refractivity contribution in [2.45, 2.75) is 25.8 Å². The Bertz CT molecular complexity index is 378. The van der Waals surface area contributed by atoms with Gasteiger partial charge in [-0.25, -0.2) is 0 Å². The number of nitrogens with two attached hydrogens (primary N) is 1. The molecule has 2 rings (SSSR count). The molecule has 2 atom stereocenters. The Morgan fingerprint density at radius 2 is 2.53 bits per heavy atom. The largest absolute Gasteiger partial charge is 0.398 e. The molecule has 4 heteroatoms. The summed E-state index contributed by atoms with van der Waals surface area (Å²) in [7, 11) is 0. The lowest BCUT2D eigenvalue weighted by molar-refractivity contribution is 0.0949. The van der Waals surface area contributed by atoms with Gasteiger partial charge in [0.2, 0.25) is 0 Å². The molecular formula is C11H15N3O. The lowest BCUT2D eigenvalue weighted by Gasteiger charge is -2.05. The lowest BCUT2D eigenvalue weighted by Crippen LogP contribution is -2.27. The number of carbonyl (C=O) groups excluding carboxylic acids is 1. The van der Waals surface area contributed by atoms with Crippen molar-refractivity contribution in [1.82, 2.24) is 10.3 Å². The number of amides is 1. The van der Waals surface area contributed by atoms with Crippen LogP contribution in [0, 0.1) is 5.92 Å². The van der Waals surface area contributed by atoms with E-state index >= 15 is 0 Å². The van der Waals surface area contributed by atoms with Crippen LogP contribution in [0.25, 0.3) is 0 Å². The molecule has 1 aromatic rings. The van der Waals surface area contributed by atoms with E-state index in [1.807, 2.05) is 0 Å². The van der Waals surface area contributed by atoms with Crippen molar-refractivity contribution in [3.63, 3.8) is 0 Å². The first kappa shape index (κ1) is 9.96. The monoisotopic (exact) mass is 205 g/mol. The van der Waals surface area contributed by atoms with Crippen molar-refractivity contribution in [2.24, 2.45) is 5.92 Å². The Balaban J connectivity index is 2.00. The van der Waals surface area contributed by atoms with Crippen molar-refractivity contribution in [2.75, 3.05) is 5.73 Å². The third kappa shape index (κ3) is 2.09. The van der Waals surface area contributed by atoms with Gasteiger partial charge in [-0.05, 0) is 18.4 Å². The second-order valence-corrected chi connectivity index (χ2v) is 3.95. The highest BCUT2D eigenvalue weighted by Crippen LogP contribution is 2.33. The van der Waals surface area contributed by atoms with Crippen LogP contribution >= 0.6 is 0 Å². The van der Waals surface area contributed by atoms with Crippen LogP contribution < -0.4 is 11.1 Å². The summed E-state index contributed by atoms with van der Waals surface area (Å²) in [6.45, 7) is 2.13. The highest BCUT2D eigenvalue weighted by molar-refractivity contribution is 5.99. The molecule has 1 aliphatic carbocycles. The summed E-state index contributed by atoms with van der Waals surface area (Å²) in [6.07, 6.45) is 5.29. The van der Waals surface area contributed by atoms with Gasteiger partial charge in [0.25, 0.3) is 5.91 Å². The van der Waals surface area contributed by atoms with Crippen molar-refractivity contribution in [3.05, 3.63) is 24.0 Å². The summed E-state index contributed by atoms with van der Waals surface area (Å²) >= 11 is 0. The third-order valence-electron chi connectivity index (χ3n) is 2.86. The zero-order valence-electron chi connectivity index (χ0n) is 8.73. The number of carbonyl (C=O) groups is 1. The molecule has 3 N–H and O–H groups in total. The van der Waals surface area contributed by atoms with Gasteiger partial charge in [-0.2, -0.15) is 0 Å². The molecule has 0 aromatic carbocycles. The number of nitrogens with zero attached hydrogens (tertiary/aromatic N) is 1. The van der Waals surface area contributed by atoms with Gasteiger partial charge in [-0.1, -0.05) is 13.3 Å². The van der Waals surface area contributed by atoms with Crippen LogP contribution in [0.3, 0.4) is 0 Å². The fraction of sp³-hybridized carbons (Fsp3) is 0.455. The number of rotatable bonds is 3. The molecular weight excluding hydrogens is 190 g/mol. The number of anilines is 1. The number of aromatic nitrogens is 1. The standard InChI is InChI=1S/C11H15N3O/c1-2-7-5-10(7)14-11(15)8-6-13-4-3-9(8)12/h3-4,6-7,10H,2,5H2,1H3,(H2,12,13)(H,14,15). The smallest absolute Gasteiger partial charge is 0.255 e. The summed E-state index contributed by atoms with van der Waals surface area (Å²) in [5.74, 6) is 0.536. The van der Waals surface area contributed by atoms with E-state index in [4.69, 9.17) is 5.73 Å². The lowest BCUT2D eigenvalue weighted by atomic mass is 10.2. The average Bonchev–Trinajstić information content (AvgIpc) is 2.97. The highest BCUT2D eigenvalue weighted by Gasteiger charge is 2.36. The highest BCUT2D eigenvalue weighted by atomic mass is 16.1. The van der Waals surface area contributed by atoms with E-state index < -0.39 is 0 Å². The van der Waals surface area contributed by atoms with Crippen LogP contribution in [0.2, 0.25) is 0 Å². The summed E-state index contributed by atoms with van der Waals surface area (Å²) in [5, 5.41) is 2.95. The number of nitrogens with one attached hydrogen (secondary N) is 1. The Kier molecular flexibility index (Phi) is 2.58. The second-order valence-electron chi connectivity index (χ2n) is 3.95. The number of pyridine rings is 1. The van der Waals surface area contributed by atoms with Crippen LogP contribution in [-0.4, -0.2) is 16.9 Å². The summed E-state index contributed by atoms with van der Waals surface area (Å²) in [5.41, 5.74) is 6.64. The maximum Gasteiger partial charge on any atom is 0.255 e. The van der Waals surface area contributed by atoms with Gasteiger partial charge in [-0.15, -0.1) is 0 Å². The molecule has 0 radical (unpaired) electrons. The van der Waals surface area contributed by atoms with Gasteiger partial charge >= 0.3 is 0 Å². The zero-order valence-corrected chi connectivity index (χ0v) is 8.73. The predicted octanol–water partition coefficient (Wildman–Crippen LogP) is 1.19. The molecule has 1 aromatic heterocycles. The molecule has 1 aliphatic rings. The number of hydrogen-bond donors (Lipinski definition) is 2. The molecule has 1 fully saturated rings. The van der Waals surface area contributed by atoms with Gasteiger partial charge in [-0.3, -0.25) is 9.78 Å². The van der Waals surface area contributed by atoms with E-state index in [9.17, 15) is 4.79 Å². The van der Waals surface area contributed by atoms with Crippen molar-refractivity contribution >= 4 is 11.6 Å². The molecule has 0 spiro atoms. The Morgan fingerprint density at radius 3 is 3.13 bits per heavy atom.